The molecule has 0 saturated heterocycles. The molecule has 0 atom stereocenters. The third-order valence-electron chi connectivity index (χ3n) is 7.97. The van der Waals surface area contributed by atoms with E-state index in [1.54, 1.807) is 16.7 Å². The highest BCUT2D eigenvalue weighted by atomic mass is 14.1. The van der Waals surface area contributed by atoms with Crippen LogP contribution in [0.15, 0.2) is 18.2 Å². The average Bonchev–Trinajstić information content (AvgIpc) is 2.94. The van der Waals surface area contributed by atoms with Crippen molar-refractivity contribution in [2.45, 2.75) is 173 Å². The molecule has 0 aromatic heterocycles. The van der Waals surface area contributed by atoms with Crippen molar-refractivity contribution in [1.29, 1.82) is 0 Å². The van der Waals surface area contributed by atoms with Crippen LogP contribution in [0.2, 0.25) is 0 Å². The highest BCUT2D eigenvalue weighted by Gasteiger charge is 2.04. The highest BCUT2D eigenvalue weighted by Crippen LogP contribution is 2.20. The summed E-state index contributed by atoms with van der Waals surface area (Å²) >= 11 is 0. The summed E-state index contributed by atoms with van der Waals surface area (Å²) in [6, 6.07) is 7.58. The average molecular weight is 529 g/mol. The minimum atomic E-state index is 0.943. The molecule has 0 saturated carbocycles. The normalized spacial score (nSPS) is 10.7. The zero-order valence-corrected chi connectivity index (χ0v) is 25.6. The van der Waals surface area contributed by atoms with Crippen LogP contribution >= 0.6 is 0 Å². The van der Waals surface area contributed by atoms with E-state index in [0.717, 1.165) is 19.3 Å². The topological polar surface area (TPSA) is 0 Å². The molecule has 0 radical (unpaired) electrons. The molecule has 39 heavy (non-hydrogen) atoms. The lowest BCUT2D eigenvalue weighted by Gasteiger charge is -2.11. The van der Waals surface area contributed by atoms with Crippen LogP contribution < -0.4 is 0 Å². The SMILES string of the molecule is C#CCCCCCCCCCc1cc(CCCCCCCCCC#C)cc(CCCCCCCCCC#C)c1. The highest BCUT2D eigenvalue weighted by molar-refractivity contribution is 5.30. The molecule has 0 aliphatic rings. The van der Waals surface area contributed by atoms with Crippen molar-refractivity contribution in [3.05, 3.63) is 34.9 Å². The van der Waals surface area contributed by atoms with E-state index in [-0.39, 0.29) is 0 Å². The lowest BCUT2D eigenvalue weighted by molar-refractivity contribution is 0.579. The summed E-state index contributed by atoms with van der Waals surface area (Å²) in [5.74, 6) is 8.27. The molecule has 0 amide bonds. The Morgan fingerprint density at radius 3 is 0.744 bits per heavy atom. The van der Waals surface area contributed by atoms with Crippen LogP contribution in [0, 0.1) is 37.0 Å². The number of benzene rings is 1. The lowest BCUT2D eigenvalue weighted by Crippen LogP contribution is -1.96. The van der Waals surface area contributed by atoms with E-state index in [1.165, 1.54) is 154 Å². The van der Waals surface area contributed by atoms with Gasteiger partial charge in [0.2, 0.25) is 0 Å². The molecule has 0 nitrogen and oxygen atoms in total. The second-order valence-electron chi connectivity index (χ2n) is 11.7. The molecule has 0 bridgehead atoms. The molecule has 0 fully saturated rings. The molecule has 216 valence electrons. The monoisotopic (exact) mass is 528 g/mol. The van der Waals surface area contributed by atoms with Gasteiger partial charge >= 0.3 is 0 Å². The van der Waals surface area contributed by atoms with Gasteiger partial charge in [0, 0.05) is 19.3 Å². The van der Waals surface area contributed by atoms with Crippen LogP contribution in [-0.4, -0.2) is 0 Å². The molecular formula is C39H60. The van der Waals surface area contributed by atoms with Crippen LogP contribution in [0.3, 0.4) is 0 Å². The quantitative estimate of drug-likeness (QED) is 0.0786. The van der Waals surface area contributed by atoms with Gasteiger partial charge in [0.25, 0.3) is 0 Å². The number of rotatable bonds is 27. The van der Waals surface area contributed by atoms with Gasteiger partial charge in [0.15, 0.2) is 0 Å². The zero-order valence-electron chi connectivity index (χ0n) is 25.6. The summed E-state index contributed by atoms with van der Waals surface area (Å²) in [5, 5.41) is 0. The largest absolute Gasteiger partial charge is 0.120 e. The van der Waals surface area contributed by atoms with Gasteiger partial charge in [-0.3, -0.25) is 0 Å². The molecule has 0 aliphatic heterocycles. The van der Waals surface area contributed by atoms with Crippen molar-refractivity contribution >= 4 is 0 Å². The maximum Gasteiger partial charge on any atom is 0.00860 e. The smallest absolute Gasteiger partial charge is 0.00860 e. The standard InChI is InChI=1S/C39H60/c1-4-7-10-13-16-19-22-25-28-31-37-34-38(32-29-26-23-20-17-14-11-8-5-2)36-39(35-37)33-30-27-24-21-18-15-12-9-6-3/h1-3,34-36H,7-33H2. The van der Waals surface area contributed by atoms with E-state index in [4.69, 9.17) is 19.3 Å². The number of terminal acetylenes is 3. The first-order valence-electron chi connectivity index (χ1n) is 16.7. The first kappa shape index (κ1) is 34.9. The maximum absolute atomic E-state index is 5.35. The predicted octanol–water partition coefficient (Wildman–Crippen LogP) is 11.6. The number of unbranched alkanes of at least 4 members (excludes halogenated alkanes) is 21. The summed E-state index contributed by atoms with van der Waals surface area (Å²) in [6.45, 7) is 0. The summed E-state index contributed by atoms with van der Waals surface area (Å²) in [6.07, 6.45) is 50.4. The van der Waals surface area contributed by atoms with Gasteiger partial charge in [-0.2, -0.15) is 0 Å². The molecule has 0 heterocycles. The predicted molar refractivity (Wildman–Crippen MR) is 175 cm³/mol. The minimum Gasteiger partial charge on any atom is -0.120 e. The van der Waals surface area contributed by atoms with Crippen molar-refractivity contribution in [3.63, 3.8) is 0 Å². The zero-order chi connectivity index (χ0) is 28.1. The Kier molecular flexibility index (Phi) is 24.6. The van der Waals surface area contributed by atoms with Crippen LogP contribution in [0.25, 0.3) is 0 Å². The van der Waals surface area contributed by atoms with Gasteiger partial charge in [0.05, 0.1) is 0 Å². The van der Waals surface area contributed by atoms with E-state index in [2.05, 4.69) is 36.0 Å². The van der Waals surface area contributed by atoms with Crippen molar-refractivity contribution < 1.29 is 0 Å². The fourth-order valence-corrected chi connectivity index (χ4v) is 5.59. The Bertz CT molecular complexity index is 686. The van der Waals surface area contributed by atoms with Gasteiger partial charge < -0.3 is 0 Å². The Morgan fingerprint density at radius 2 is 0.513 bits per heavy atom. The van der Waals surface area contributed by atoms with Crippen LogP contribution in [0.4, 0.5) is 0 Å². The number of aryl methyl sites for hydroxylation is 3. The lowest BCUT2D eigenvalue weighted by atomic mass is 9.95. The molecule has 0 spiro atoms. The second-order valence-corrected chi connectivity index (χ2v) is 11.7. The molecule has 0 N–H and O–H groups in total. The Labute approximate surface area is 244 Å². The van der Waals surface area contributed by atoms with Gasteiger partial charge in [-0.1, -0.05) is 115 Å². The number of hydrogen-bond donors (Lipinski definition) is 0. The third kappa shape index (κ3) is 22.4. The minimum absolute atomic E-state index is 0.943. The van der Waals surface area contributed by atoms with Crippen molar-refractivity contribution in [2.75, 3.05) is 0 Å². The molecule has 0 heteroatoms. The summed E-state index contributed by atoms with van der Waals surface area (Å²) < 4.78 is 0. The van der Waals surface area contributed by atoms with Crippen molar-refractivity contribution in [1.82, 2.24) is 0 Å². The van der Waals surface area contributed by atoms with E-state index in [1.807, 2.05) is 0 Å². The molecule has 1 aromatic rings. The first-order chi connectivity index (χ1) is 19.3. The number of hydrogen-bond acceptors (Lipinski definition) is 0. The molecule has 1 rings (SSSR count). The van der Waals surface area contributed by atoms with Crippen LogP contribution in [0.5, 0.6) is 0 Å². The summed E-state index contributed by atoms with van der Waals surface area (Å²) in [5.41, 5.74) is 4.75. The van der Waals surface area contributed by atoms with Gasteiger partial charge in [-0.05, 0) is 74.5 Å². The van der Waals surface area contributed by atoms with Crippen LogP contribution in [-0.2, 0) is 19.3 Å². The van der Waals surface area contributed by atoms with E-state index in [9.17, 15) is 0 Å². The molecule has 0 unspecified atom stereocenters. The maximum atomic E-state index is 5.35. The summed E-state index contributed by atoms with van der Waals surface area (Å²) in [7, 11) is 0. The van der Waals surface area contributed by atoms with Gasteiger partial charge in [-0.25, -0.2) is 0 Å². The van der Waals surface area contributed by atoms with Gasteiger partial charge in [0.1, 0.15) is 0 Å². The second kappa shape index (κ2) is 27.5. The fourth-order valence-electron chi connectivity index (χ4n) is 5.59. The van der Waals surface area contributed by atoms with E-state index < -0.39 is 0 Å². The molecule has 1 aromatic carbocycles. The molecular weight excluding hydrogens is 468 g/mol. The Hall–Kier alpha value is -2.10. The fraction of sp³-hybridized carbons (Fsp3) is 0.692. The Balaban J connectivity index is 2.40. The molecule has 0 aliphatic carbocycles. The van der Waals surface area contributed by atoms with Gasteiger partial charge in [-0.15, -0.1) is 37.0 Å². The summed E-state index contributed by atoms with van der Waals surface area (Å²) in [4.78, 5) is 0. The Morgan fingerprint density at radius 1 is 0.308 bits per heavy atom. The van der Waals surface area contributed by atoms with Crippen molar-refractivity contribution in [2.24, 2.45) is 0 Å². The van der Waals surface area contributed by atoms with E-state index in [0.29, 0.717) is 0 Å². The third-order valence-corrected chi connectivity index (χ3v) is 7.97. The van der Waals surface area contributed by atoms with E-state index >= 15 is 0 Å². The van der Waals surface area contributed by atoms with Crippen LogP contribution in [0.1, 0.15) is 171 Å². The first-order valence-corrected chi connectivity index (χ1v) is 16.7. The van der Waals surface area contributed by atoms with Crippen molar-refractivity contribution in [3.8, 4) is 37.0 Å².